The van der Waals surface area contributed by atoms with Crippen LogP contribution in [-0.2, 0) is 0 Å². The van der Waals surface area contributed by atoms with Crippen LogP contribution in [-0.4, -0.2) is 100.0 Å². The van der Waals surface area contributed by atoms with E-state index in [1.54, 1.807) is 22.7 Å². The molecule has 2 N–H and O–H groups in total. The highest BCUT2D eigenvalue weighted by atomic mass is 32.1. The van der Waals surface area contributed by atoms with E-state index in [2.05, 4.69) is 0 Å². The third kappa shape index (κ3) is 11.1. The molecular formula is C45H64N2O6S2+2. The summed E-state index contributed by atoms with van der Waals surface area (Å²) in [7, 11) is 12.2. The number of ether oxygens (including phenoxy) is 2. The van der Waals surface area contributed by atoms with Crippen LogP contribution in [0, 0.1) is 27.7 Å². The van der Waals surface area contributed by atoms with E-state index in [0.29, 0.717) is 44.3 Å². The number of aliphatic hydroxyl groups excluding tert-OH is 2. The number of rotatable bonds is 10. The molecule has 55 heavy (non-hydrogen) atoms. The summed E-state index contributed by atoms with van der Waals surface area (Å²) in [6.07, 6.45) is -1.12. The van der Waals surface area contributed by atoms with Crippen LogP contribution in [0.2, 0.25) is 0 Å². The van der Waals surface area contributed by atoms with Crippen LogP contribution in [0.15, 0.2) is 70.3 Å². The number of aliphatic hydroxyl groups is 2. The Morgan fingerprint density at radius 1 is 0.545 bits per heavy atom. The van der Waals surface area contributed by atoms with Crippen LogP contribution in [0.5, 0.6) is 11.5 Å². The first kappa shape index (κ1) is 47.3. The molecule has 2 aromatic heterocycles. The quantitative estimate of drug-likeness (QED) is 0.106. The third-order valence-electron chi connectivity index (χ3n) is 9.14. The van der Waals surface area contributed by atoms with Gasteiger partial charge in [0.1, 0.15) is 50.0 Å². The zero-order valence-electron chi connectivity index (χ0n) is 32.0. The first-order chi connectivity index (χ1) is 24.3. The zero-order chi connectivity index (χ0) is 38.1. The van der Waals surface area contributed by atoms with Gasteiger partial charge in [0.15, 0.2) is 10.9 Å². The monoisotopic (exact) mass is 792 g/mol. The molecule has 0 aliphatic carbocycles. The van der Waals surface area contributed by atoms with Gasteiger partial charge in [-0.25, -0.2) is 0 Å². The van der Waals surface area contributed by atoms with Gasteiger partial charge in [-0.2, -0.15) is 0 Å². The lowest BCUT2D eigenvalue weighted by Gasteiger charge is -2.27. The highest BCUT2D eigenvalue weighted by Crippen LogP contribution is 2.35. The minimum absolute atomic E-state index is 0. The van der Waals surface area contributed by atoms with E-state index < -0.39 is 12.2 Å². The molecule has 10 heteroatoms. The molecule has 0 aliphatic heterocycles. The van der Waals surface area contributed by atoms with Crippen molar-refractivity contribution in [3.05, 3.63) is 103 Å². The van der Waals surface area contributed by atoms with E-state index in [1.807, 2.05) is 131 Å². The molecule has 0 bridgehead atoms. The summed E-state index contributed by atoms with van der Waals surface area (Å²) in [6.45, 7) is 9.69. The highest BCUT2D eigenvalue weighted by molar-refractivity contribution is 7.25. The van der Waals surface area contributed by atoms with Crippen LogP contribution < -0.4 is 20.3 Å². The lowest BCUT2D eigenvalue weighted by molar-refractivity contribution is -0.873. The molecule has 0 fully saturated rings. The van der Waals surface area contributed by atoms with Crippen molar-refractivity contribution in [2.75, 3.05) is 68.6 Å². The molecule has 2 heterocycles. The summed E-state index contributed by atoms with van der Waals surface area (Å²) in [5.74, 6) is 1.35. The maximum absolute atomic E-state index is 12.9. The Balaban J connectivity index is 0.000000360. The number of fused-ring (bicyclic) bond motifs is 4. The van der Waals surface area contributed by atoms with Crippen molar-refractivity contribution in [2.24, 2.45) is 0 Å². The van der Waals surface area contributed by atoms with Gasteiger partial charge in [-0.05, 0) is 86.3 Å². The summed E-state index contributed by atoms with van der Waals surface area (Å²) < 4.78 is 17.2. The smallest absolute Gasteiger partial charge is 0.196 e. The van der Waals surface area contributed by atoms with Crippen molar-refractivity contribution < 1.29 is 28.7 Å². The molecule has 2 atom stereocenters. The van der Waals surface area contributed by atoms with E-state index in [1.165, 1.54) is 0 Å². The Morgan fingerprint density at radius 3 is 1.20 bits per heavy atom. The van der Waals surface area contributed by atoms with Crippen LogP contribution in [0.1, 0.15) is 44.5 Å². The maximum atomic E-state index is 12.9. The van der Waals surface area contributed by atoms with Crippen LogP contribution in [0.3, 0.4) is 0 Å². The number of likely N-dealkylation sites (N-methyl/N-ethyl adjacent to an activating group) is 2. The Labute approximate surface area is 336 Å². The predicted molar refractivity (Wildman–Crippen MR) is 239 cm³/mol. The summed E-state index contributed by atoms with van der Waals surface area (Å²) in [6, 6.07) is 19.1. The topological polar surface area (TPSA) is 93.1 Å². The fraction of sp³-hybridized carbons (Fsp3) is 0.422. The molecule has 6 aromatic rings. The summed E-state index contributed by atoms with van der Waals surface area (Å²) in [5, 5.41) is 23.3. The number of hydrogen-bond acceptors (Lipinski definition) is 8. The molecule has 0 spiro atoms. The molecule has 0 saturated heterocycles. The van der Waals surface area contributed by atoms with Gasteiger partial charge >= 0.3 is 0 Å². The fourth-order valence-corrected chi connectivity index (χ4v) is 8.77. The minimum atomic E-state index is -0.559. The van der Waals surface area contributed by atoms with Crippen molar-refractivity contribution in [1.29, 1.82) is 0 Å². The van der Waals surface area contributed by atoms with Gasteiger partial charge in [0, 0.05) is 40.3 Å². The minimum Gasteiger partial charge on any atom is -0.490 e. The van der Waals surface area contributed by atoms with Gasteiger partial charge in [-0.3, -0.25) is 9.59 Å². The fourth-order valence-electron chi connectivity index (χ4n) is 6.36. The van der Waals surface area contributed by atoms with Gasteiger partial charge in [0.25, 0.3) is 0 Å². The largest absolute Gasteiger partial charge is 0.490 e. The first-order valence-electron chi connectivity index (χ1n) is 17.5. The lowest BCUT2D eigenvalue weighted by atomic mass is 10.1. The molecule has 8 nitrogen and oxygen atoms in total. The van der Waals surface area contributed by atoms with E-state index in [-0.39, 0.29) is 46.4 Å². The number of benzene rings is 4. The van der Waals surface area contributed by atoms with E-state index >= 15 is 0 Å². The highest BCUT2D eigenvalue weighted by Gasteiger charge is 2.20. The van der Waals surface area contributed by atoms with Crippen molar-refractivity contribution in [3.8, 4) is 11.5 Å². The molecular weight excluding hydrogens is 729 g/mol. The van der Waals surface area contributed by atoms with Crippen molar-refractivity contribution in [2.45, 2.75) is 62.2 Å². The maximum Gasteiger partial charge on any atom is 0.196 e. The van der Waals surface area contributed by atoms with Crippen LogP contribution in [0.4, 0.5) is 0 Å². The molecule has 0 saturated carbocycles. The van der Waals surface area contributed by atoms with E-state index in [9.17, 15) is 19.8 Å². The van der Waals surface area contributed by atoms with E-state index in [4.69, 9.17) is 9.47 Å². The van der Waals surface area contributed by atoms with Crippen molar-refractivity contribution >= 4 is 63.0 Å². The van der Waals surface area contributed by atoms with Crippen molar-refractivity contribution in [1.82, 2.24) is 0 Å². The number of nitrogens with zero attached hydrogens (tertiary/aromatic N) is 2. The number of aryl methyl sites for hydroxylation is 2. The predicted octanol–water partition coefficient (Wildman–Crippen LogP) is 8.86. The third-order valence-corrected chi connectivity index (χ3v) is 11.8. The lowest BCUT2D eigenvalue weighted by Crippen LogP contribution is -2.43. The van der Waals surface area contributed by atoms with E-state index in [0.717, 1.165) is 51.8 Å². The van der Waals surface area contributed by atoms with Gasteiger partial charge < -0.3 is 28.7 Å². The second kappa shape index (κ2) is 18.8. The molecule has 0 amide bonds. The second-order valence-corrected chi connectivity index (χ2v) is 17.8. The van der Waals surface area contributed by atoms with Crippen LogP contribution >= 0.6 is 22.7 Å². The molecule has 0 aliphatic rings. The Bertz CT molecular complexity index is 2200. The Hall–Kier alpha value is -3.90. The molecule has 0 radical (unpaired) electrons. The summed E-state index contributed by atoms with van der Waals surface area (Å²) >= 11 is 3.28. The summed E-state index contributed by atoms with van der Waals surface area (Å²) in [5.41, 5.74) is 4.23. The normalized spacial score (nSPS) is 12.6. The molecule has 4 aromatic carbocycles. The standard InChI is InChI=1S/2C21H26NO3S.3CH4/c2*1-13-14(2)21-17(20(24)16-8-6-7-9-19(16)26-21)10-18(13)25-12-15(23)11-22(3,4)5;;;/h2*6-10,15,23H,11-12H2,1-5H3;3*1H4/q2*+1;;;. The summed E-state index contributed by atoms with van der Waals surface area (Å²) in [4.78, 5) is 25.9. The number of hydrogen-bond donors (Lipinski definition) is 2. The Morgan fingerprint density at radius 2 is 0.873 bits per heavy atom. The molecule has 6 rings (SSSR count). The van der Waals surface area contributed by atoms with Gasteiger partial charge in [-0.15, -0.1) is 22.7 Å². The SMILES string of the molecule is C.C.C.Cc1c(OCC(O)C[N+](C)(C)C)cc2c(=O)c3ccccc3sc2c1C.Cc1c(OCC(O)C[N+](C)(C)C)cc2c(=O)c3ccccc3sc2c1C. The average Bonchev–Trinajstić information content (AvgIpc) is 3.06. The van der Waals surface area contributed by atoms with Gasteiger partial charge in [0.2, 0.25) is 0 Å². The molecule has 300 valence electrons. The van der Waals surface area contributed by atoms with Crippen molar-refractivity contribution in [3.63, 3.8) is 0 Å². The van der Waals surface area contributed by atoms with Crippen LogP contribution in [0.25, 0.3) is 40.3 Å². The first-order valence-corrected chi connectivity index (χ1v) is 19.1. The second-order valence-electron chi connectivity index (χ2n) is 15.7. The number of quaternary nitrogens is 2. The average molecular weight is 793 g/mol. The zero-order valence-corrected chi connectivity index (χ0v) is 33.6. The van der Waals surface area contributed by atoms with Gasteiger partial charge in [0.05, 0.1) is 42.3 Å². The Kier molecular flexibility index (Phi) is 16.2. The van der Waals surface area contributed by atoms with Gasteiger partial charge in [-0.1, -0.05) is 46.5 Å². The molecule has 2 unspecified atom stereocenters.